The molecule has 2 heterocycles. The maximum Gasteiger partial charge on any atom is 0.254 e. The highest BCUT2D eigenvalue weighted by atomic mass is 16.2. The highest BCUT2D eigenvalue weighted by molar-refractivity contribution is 6.01. The maximum absolute atomic E-state index is 13.6. The number of hydrogen-bond acceptors (Lipinski definition) is 2. The smallest absolute Gasteiger partial charge is 0.254 e. The number of amides is 2. The van der Waals surface area contributed by atoms with E-state index in [1.807, 2.05) is 41.3 Å². The number of nitrogens with one attached hydrogen (secondary N) is 1. The second-order valence-electron chi connectivity index (χ2n) is 8.34. The lowest BCUT2D eigenvalue weighted by atomic mass is 9.76. The predicted octanol–water partition coefficient (Wildman–Crippen LogP) is 4.40. The Labute approximate surface area is 182 Å². The standard InChI is InChI=1S/C27H26N2O2/c1-2-18-11-13-19(14-12-18)17-28-26(30)24-22-9-5-6-10-23(22)27(31)29-16-15-20-7-3-4-8-21(20)25(24)29/h3-14,24-25H,2,15-17H2,1H3,(H,28,30)/t24-,25+/m0/s1. The quantitative estimate of drug-likeness (QED) is 0.693. The number of hydrogen-bond donors (Lipinski definition) is 1. The first-order valence-corrected chi connectivity index (χ1v) is 11.0. The molecule has 0 aliphatic carbocycles. The van der Waals surface area contributed by atoms with Crippen LogP contribution in [0.4, 0.5) is 0 Å². The molecular formula is C27H26N2O2. The van der Waals surface area contributed by atoms with Crippen molar-refractivity contribution in [3.05, 3.63) is 106 Å². The summed E-state index contributed by atoms with van der Waals surface area (Å²) in [5.74, 6) is -0.439. The van der Waals surface area contributed by atoms with Crippen molar-refractivity contribution in [2.45, 2.75) is 38.3 Å². The second kappa shape index (κ2) is 8.03. The topological polar surface area (TPSA) is 49.4 Å². The van der Waals surface area contributed by atoms with Crippen molar-refractivity contribution in [1.82, 2.24) is 10.2 Å². The Morgan fingerprint density at radius 3 is 2.39 bits per heavy atom. The summed E-state index contributed by atoms with van der Waals surface area (Å²) in [6, 6.07) is 23.9. The van der Waals surface area contributed by atoms with Gasteiger partial charge in [0.2, 0.25) is 5.91 Å². The van der Waals surface area contributed by atoms with Gasteiger partial charge in [0.1, 0.15) is 0 Å². The van der Waals surface area contributed by atoms with Crippen molar-refractivity contribution in [2.75, 3.05) is 6.54 Å². The lowest BCUT2D eigenvalue weighted by molar-refractivity contribution is -0.124. The fraction of sp³-hybridized carbons (Fsp3) is 0.259. The molecule has 4 nitrogen and oxygen atoms in total. The maximum atomic E-state index is 13.6. The number of benzene rings is 3. The fourth-order valence-corrected chi connectivity index (χ4v) is 4.95. The van der Waals surface area contributed by atoms with Crippen LogP contribution >= 0.6 is 0 Å². The van der Waals surface area contributed by atoms with Gasteiger partial charge in [-0.05, 0) is 46.7 Å². The summed E-state index contributed by atoms with van der Waals surface area (Å²) in [5, 5.41) is 3.15. The summed E-state index contributed by atoms with van der Waals surface area (Å²) in [5.41, 5.74) is 6.14. The molecule has 31 heavy (non-hydrogen) atoms. The average Bonchev–Trinajstić information content (AvgIpc) is 2.83. The minimum absolute atomic E-state index is 0.0225. The van der Waals surface area contributed by atoms with Crippen molar-refractivity contribution >= 4 is 11.8 Å². The van der Waals surface area contributed by atoms with Crippen LogP contribution in [0.25, 0.3) is 0 Å². The number of nitrogens with zero attached hydrogens (tertiary/aromatic N) is 1. The number of carbonyl (C=O) groups excluding carboxylic acids is 2. The van der Waals surface area contributed by atoms with E-state index < -0.39 is 5.92 Å². The Morgan fingerprint density at radius 2 is 1.61 bits per heavy atom. The van der Waals surface area contributed by atoms with Gasteiger partial charge in [0.05, 0.1) is 12.0 Å². The van der Waals surface area contributed by atoms with E-state index in [-0.39, 0.29) is 17.9 Å². The van der Waals surface area contributed by atoms with Crippen LogP contribution in [0.15, 0.2) is 72.8 Å². The largest absolute Gasteiger partial charge is 0.351 e. The summed E-state index contributed by atoms with van der Waals surface area (Å²) >= 11 is 0. The molecule has 3 aromatic carbocycles. The lowest BCUT2D eigenvalue weighted by Crippen LogP contribution is -2.50. The zero-order chi connectivity index (χ0) is 21.4. The molecule has 5 rings (SSSR count). The molecule has 1 N–H and O–H groups in total. The molecule has 0 bridgehead atoms. The Hall–Kier alpha value is -3.40. The second-order valence-corrected chi connectivity index (χ2v) is 8.34. The summed E-state index contributed by atoms with van der Waals surface area (Å²) < 4.78 is 0. The minimum Gasteiger partial charge on any atom is -0.351 e. The van der Waals surface area contributed by atoms with Gasteiger partial charge in [0, 0.05) is 18.7 Å². The molecule has 0 saturated carbocycles. The Bertz CT molecular complexity index is 1140. The molecule has 0 radical (unpaired) electrons. The van der Waals surface area contributed by atoms with E-state index in [0.717, 1.165) is 29.5 Å². The van der Waals surface area contributed by atoms with Gasteiger partial charge in [0.15, 0.2) is 0 Å². The molecule has 0 spiro atoms. The van der Waals surface area contributed by atoms with Crippen LogP contribution < -0.4 is 5.32 Å². The zero-order valence-corrected chi connectivity index (χ0v) is 17.7. The van der Waals surface area contributed by atoms with Gasteiger partial charge < -0.3 is 10.2 Å². The Morgan fingerprint density at radius 1 is 0.935 bits per heavy atom. The molecular weight excluding hydrogens is 384 g/mol. The van der Waals surface area contributed by atoms with Crippen LogP contribution in [-0.2, 0) is 24.2 Å². The summed E-state index contributed by atoms with van der Waals surface area (Å²) in [4.78, 5) is 28.7. The van der Waals surface area contributed by atoms with E-state index >= 15 is 0 Å². The fourth-order valence-electron chi connectivity index (χ4n) is 4.95. The van der Waals surface area contributed by atoms with E-state index in [1.165, 1.54) is 11.1 Å². The van der Waals surface area contributed by atoms with Crippen LogP contribution in [0, 0.1) is 0 Å². The van der Waals surface area contributed by atoms with Crippen LogP contribution in [0.3, 0.4) is 0 Å². The Balaban J connectivity index is 1.50. The van der Waals surface area contributed by atoms with E-state index in [0.29, 0.717) is 18.7 Å². The molecule has 0 saturated heterocycles. The number of rotatable bonds is 4. The van der Waals surface area contributed by atoms with E-state index in [9.17, 15) is 9.59 Å². The number of fused-ring (bicyclic) bond motifs is 4. The molecule has 2 aliphatic rings. The molecule has 2 aliphatic heterocycles. The third-order valence-electron chi connectivity index (χ3n) is 6.61. The predicted molar refractivity (Wildman–Crippen MR) is 121 cm³/mol. The SMILES string of the molecule is CCc1ccc(CNC(=O)[C@H]2c3ccccc3C(=O)N3CCc4ccccc4[C@H]23)cc1. The molecule has 2 atom stereocenters. The van der Waals surface area contributed by atoms with Crippen molar-refractivity contribution in [3.63, 3.8) is 0 Å². The first kappa shape index (κ1) is 19.6. The molecule has 156 valence electrons. The van der Waals surface area contributed by atoms with E-state index in [4.69, 9.17) is 0 Å². The Kier molecular flexibility index (Phi) is 5.06. The molecule has 4 heteroatoms. The highest BCUT2D eigenvalue weighted by Gasteiger charge is 2.45. The van der Waals surface area contributed by atoms with Crippen LogP contribution in [0.5, 0.6) is 0 Å². The molecule has 0 fully saturated rings. The van der Waals surface area contributed by atoms with Crippen molar-refractivity contribution in [2.24, 2.45) is 0 Å². The molecule has 0 unspecified atom stereocenters. The third kappa shape index (κ3) is 3.42. The van der Waals surface area contributed by atoms with Crippen molar-refractivity contribution < 1.29 is 9.59 Å². The van der Waals surface area contributed by atoms with Gasteiger partial charge in [-0.25, -0.2) is 0 Å². The normalized spacial score (nSPS) is 19.3. The van der Waals surface area contributed by atoms with Gasteiger partial charge in [-0.2, -0.15) is 0 Å². The first-order valence-electron chi connectivity index (χ1n) is 11.0. The molecule has 2 amide bonds. The number of carbonyl (C=O) groups is 2. The van der Waals surface area contributed by atoms with Crippen molar-refractivity contribution in [3.8, 4) is 0 Å². The average molecular weight is 411 g/mol. The molecule has 3 aromatic rings. The highest BCUT2D eigenvalue weighted by Crippen LogP contribution is 2.45. The monoisotopic (exact) mass is 410 g/mol. The number of aryl methyl sites for hydroxylation is 1. The van der Waals surface area contributed by atoms with E-state index in [2.05, 4.69) is 48.6 Å². The van der Waals surface area contributed by atoms with Crippen LogP contribution in [0.1, 0.15) is 57.1 Å². The van der Waals surface area contributed by atoms with Gasteiger partial charge in [-0.1, -0.05) is 73.7 Å². The first-order chi connectivity index (χ1) is 15.2. The molecule has 0 aromatic heterocycles. The van der Waals surface area contributed by atoms with Crippen molar-refractivity contribution in [1.29, 1.82) is 0 Å². The van der Waals surface area contributed by atoms with Gasteiger partial charge in [-0.15, -0.1) is 0 Å². The third-order valence-corrected chi connectivity index (χ3v) is 6.61. The van der Waals surface area contributed by atoms with Gasteiger partial charge in [-0.3, -0.25) is 9.59 Å². The van der Waals surface area contributed by atoms with E-state index in [1.54, 1.807) is 0 Å². The lowest BCUT2D eigenvalue weighted by Gasteiger charge is -2.45. The minimum atomic E-state index is -0.426. The van der Waals surface area contributed by atoms with Crippen LogP contribution in [-0.4, -0.2) is 23.3 Å². The van der Waals surface area contributed by atoms with Crippen LogP contribution in [0.2, 0.25) is 0 Å². The summed E-state index contributed by atoms with van der Waals surface area (Å²) in [7, 11) is 0. The van der Waals surface area contributed by atoms with Gasteiger partial charge >= 0.3 is 0 Å². The zero-order valence-electron chi connectivity index (χ0n) is 17.7. The summed E-state index contributed by atoms with van der Waals surface area (Å²) in [6.45, 7) is 3.24. The van der Waals surface area contributed by atoms with Gasteiger partial charge in [0.25, 0.3) is 5.91 Å². The summed E-state index contributed by atoms with van der Waals surface area (Å²) in [6.07, 6.45) is 1.81.